The van der Waals surface area contributed by atoms with Crippen molar-refractivity contribution in [3.63, 3.8) is 0 Å². The van der Waals surface area contributed by atoms with Crippen LogP contribution in [0.15, 0.2) is 58.7 Å². The molecule has 3 aromatic rings. The van der Waals surface area contributed by atoms with E-state index in [1.54, 1.807) is 34.6 Å². The largest absolute Gasteiger partial charge is 0.459 e. The summed E-state index contributed by atoms with van der Waals surface area (Å²) in [6, 6.07) is 11.0. The molecule has 0 atom stereocenters. The van der Waals surface area contributed by atoms with Gasteiger partial charge in [0.05, 0.1) is 24.6 Å². The van der Waals surface area contributed by atoms with Crippen LogP contribution in [0.1, 0.15) is 15.4 Å². The van der Waals surface area contributed by atoms with E-state index in [1.807, 2.05) is 29.6 Å². The molecule has 1 N–H and O–H groups in total. The molecular weight excluding hydrogens is 376 g/mol. The third-order valence-electron chi connectivity index (χ3n) is 4.57. The lowest BCUT2D eigenvalue weighted by atomic mass is 10.2. The molecule has 4 heterocycles. The van der Waals surface area contributed by atoms with Gasteiger partial charge in [-0.1, -0.05) is 6.07 Å². The Morgan fingerprint density at radius 2 is 1.96 bits per heavy atom. The highest BCUT2D eigenvalue weighted by molar-refractivity contribution is 7.10. The van der Waals surface area contributed by atoms with Crippen molar-refractivity contribution in [3.8, 4) is 0 Å². The van der Waals surface area contributed by atoms with Crippen LogP contribution in [0.3, 0.4) is 0 Å². The van der Waals surface area contributed by atoms with E-state index in [4.69, 9.17) is 4.42 Å². The van der Waals surface area contributed by atoms with E-state index in [2.05, 4.69) is 15.2 Å². The van der Waals surface area contributed by atoms with Crippen molar-refractivity contribution in [2.24, 2.45) is 0 Å². The molecule has 0 aliphatic carbocycles. The Hall–Kier alpha value is -3.13. The molecule has 0 aromatic carbocycles. The fourth-order valence-electron chi connectivity index (χ4n) is 3.12. The van der Waals surface area contributed by atoms with Gasteiger partial charge < -0.3 is 19.5 Å². The first-order valence-corrected chi connectivity index (χ1v) is 9.93. The van der Waals surface area contributed by atoms with Crippen LogP contribution in [0, 0.1) is 0 Å². The van der Waals surface area contributed by atoms with Crippen molar-refractivity contribution < 1.29 is 14.0 Å². The van der Waals surface area contributed by atoms with Gasteiger partial charge in [0.2, 0.25) is 5.91 Å². The fraction of sp³-hybridized carbons (Fsp3) is 0.250. The van der Waals surface area contributed by atoms with E-state index < -0.39 is 0 Å². The summed E-state index contributed by atoms with van der Waals surface area (Å²) in [7, 11) is 0. The van der Waals surface area contributed by atoms with Gasteiger partial charge in [-0.25, -0.2) is 4.98 Å². The molecule has 0 unspecified atom stereocenters. The second-order valence-corrected chi connectivity index (χ2v) is 7.50. The van der Waals surface area contributed by atoms with Crippen LogP contribution < -0.4 is 10.2 Å². The maximum Gasteiger partial charge on any atom is 0.289 e. The molecule has 1 fully saturated rings. The number of hydrogen-bond acceptors (Lipinski definition) is 6. The van der Waals surface area contributed by atoms with E-state index in [-0.39, 0.29) is 11.8 Å². The SMILES string of the molecule is O=C(Cc1cccs1)Nc1ccc(N2CCN(C(=O)c3ccco3)CC2)nc1. The Bertz CT molecular complexity index is 915. The van der Waals surface area contributed by atoms with Crippen molar-refractivity contribution >= 4 is 34.7 Å². The molecule has 8 heteroatoms. The average molecular weight is 396 g/mol. The van der Waals surface area contributed by atoms with Crippen LogP contribution in [-0.4, -0.2) is 47.9 Å². The van der Waals surface area contributed by atoms with Gasteiger partial charge >= 0.3 is 0 Å². The number of rotatable bonds is 5. The number of nitrogens with one attached hydrogen (secondary N) is 1. The zero-order valence-electron chi connectivity index (χ0n) is 15.2. The van der Waals surface area contributed by atoms with Gasteiger partial charge in [-0.3, -0.25) is 9.59 Å². The highest BCUT2D eigenvalue weighted by atomic mass is 32.1. The van der Waals surface area contributed by atoms with Crippen LogP contribution in [0.4, 0.5) is 11.5 Å². The molecule has 2 amide bonds. The van der Waals surface area contributed by atoms with Crippen LogP contribution >= 0.6 is 11.3 Å². The molecule has 4 rings (SSSR count). The normalized spacial score (nSPS) is 14.1. The summed E-state index contributed by atoms with van der Waals surface area (Å²) in [5.74, 6) is 1.07. The van der Waals surface area contributed by atoms with Gasteiger partial charge in [-0.15, -0.1) is 11.3 Å². The number of nitrogens with zero attached hydrogens (tertiary/aromatic N) is 3. The second-order valence-electron chi connectivity index (χ2n) is 6.47. The van der Waals surface area contributed by atoms with Crippen molar-refractivity contribution in [3.05, 3.63) is 64.9 Å². The van der Waals surface area contributed by atoms with Crippen molar-refractivity contribution in [2.75, 3.05) is 36.4 Å². The predicted molar refractivity (Wildman–Crippen MR) is 108 cm³/mol. The number of carbonyl (C=O) groups excluding carboxylic acids is 2. The first-order valence-electron chi connectivity index (χ1n) is 9.05. The highest BCUT2D eigenvalue weighted by Crippen LogP contribution is 2.18. The minimum atomic E-state index is -0.0820. The monoisotopic (exact) mass is 396 g/mol. The number of hydrogen-bond donors (Lipinski definition) is 1. The molecule has 1 aliphatic rings. The van der Waals surface area contributed by atoms with Crippen LogP contribution in [0.25, 0.3) is 0 Å². The summed E-state index contributed by atoms with van der Waals surface area (Å²) in [5.41, 5.74) is 0.678. The Balaban J connectivity index is 1.30. The quantitative estimate of drug-likeness (QED) is 0.717. The van der Waals surface area contributed by atoms with Crippen LogP contribution in [0.5, 0.6) is 0 Å². The van der Waals surface area contributed by atoms with E-state index in [1.165, 1.54) is 6.26 Å². The summed E-state index contributed by atoms with van der Waals surface area (Å²) in [5, 5.41) is 4.83. The van der Waals surface area contributed by atoms with Gasteiger partial charge in [-0.2, -0.15) is 0 Å². The molecule has 3 aromatic heterocycles. The number of aromatic nitrogens is 1. The first kappa shape index (κ1) is 18.2. The van der Waals surface area contributed by atoms with Crippen molar-refractivity contribution in [1.82, 2.24) is 9.88 Å². The van der Waals surface area contributed by atoms with Gasteiger partial charge in [-0.05, 0) is 35.7 Å². The first-order chi connectivity index (χ1) is 13.7. The predicted octanol–water partition coefficient (Wildman–Crippen LogP) is 2.88. The van der Waals surface area contributed by atoms with Gasteiger partial charge in [0.15, 0.2) is 5.76 Å². The molecular formula is C20H20N4O3S. The number of furan rings is 1. The standard InChI is InChI=1S/C20H20N4O3S/c25-19(13-16-3-2-12-28-16)22-15-5-6-18(21-14-15)23-7-9-24(10-8-23)20(26)17-4-1-11-27-17/h1-6,11-12,14H,7-10,13H2,(H,22,25). The number of pyridine rings is 1. The maximum atomic E-state index is 12.3. The third kappa shape index (κ3) is 4.23. The third-order valence-corrected chi connectivity index (χ3v) is 5.45. The topological polar surface area (TPSA) is 78.7 Å². The summed E-state index contributed by atoms with van der Waals surface area (Å²) >= 11 is 1.57. The number of thiophene rings is 1. The fourth-order valence-corrected chi connectivity index (χ4v) is 3.82. The minimum absolute atomic E-state index is 0.0537. The van der Waals surface area contributed by atoms with E-state index in [0.29, 0.717) is 44.0 Å². The maximum absolute atomic E-state index is 12.3. The average Bonchev–Trinajstić information content (AvgIpc) is 3.42. The molecule has 1 saturated heterocycles. The zero-order valence-corrected chi connectivity index (χ0v) is 16.0. The lowest BCUT2D eigenvalue weighted by Gasteiger charge is -2.35. The molecule has 144 valence electrons. The number of amides is 2. The molecule has 7 nitrogen and oxygen atoms in total. The number of carbonyl (C=O) groups is 2. The van der Waals surface area contributed by atoms with Crippen LogP contribution in [0.2, 0.25) is 0 Å². The van der Waals surface area contributed by atoms with Crippen LogP contribution in [-0.2, 0) is 11.2 Å². The van der Waals surface area contributed by atoms with E-state index >= 15 is 0 Å². The van der Waals surface area contributed by atoms with Gasteiger partial charge in [0, 0.05) is 31.1 Å². The Morgan fingerprint density at radius 1 is 1.11 bits per heavy atom. The van der Waals surface area contributed by atoms with Crippen molar-refractivity contribution in [1.29, 1.82) is 0 Å². The Labute approximate surface area is 166 Å². The number of anilines is 2. The molecule has 0 bridgehead atoms. The molecule has 1 aliphatic heterocycles. The lowest BCUT2D eigenvalue weighted by Crippen LogP contribution is -2.49. The summed E-state index contributed by atoms with van der Waals surface area (Å²) in [6.07, 6.45) is 3.54. The molecule has 0 saturated carbocycles. The lowest BCUT2D eigenvalue weighted by molar-refractivity contribution is -0.115. The van der Waals surface area contributed by atoms with E-state index in [0.717, 1.165) is 10.7 Å². The summed E-state index contributed by atoms with van der Waals surface area (Å²) in [4.78, 5) is 33.8. The summed E-state index contributed by atoms with van der Waals surface area (Å²) in [6.45, 7) is 2.62. The molecule has 28 heavy (non-hydrogen) atoms. The second kappa shape index (κ2) is 8.26. The Morgan fingerprint density at radius 3 is 2.61 bits per heavy atom. The zero-order chi connectivity index (χ0) is 19.3. The number of piperazine rings is 1. The smallest absolute Gasteiger partial charge is 0.289 e. The van der Waals surface area contributed by atoms with Gasteiger partial charge in [0.1, 0.15) is 5.82 Å². The molecule has 0 spiro atoms. The minimum Gasteiger partial charge on any atom is -0.459 e. The summed E-state index contributed by atoms with van der Waals surface area (Å²) < 4.78 is 5.19. The van der Waals surface area contributed by atoms with Gasteiger partial charge in [0.25, 0.3) is 5.91 Å². The van der Waals surface area contributed by atoms with Crippen molar-refractivity contribution in [2.45, 2.75) is 6.42 Å². The highest BCUT2D eigenvalue weighted by Gasteiger charge is 2.24. The Kier molecular flexibility index (Phi) is 5.38. The molecule has 0 radical (unpaired) electrons. The van der Waals surface area contributed by atoms with E-state index in [9.17, 15) is 9.59 Å².